The summed E-state index contributed by atoms with van der Waals surface area (Å²) in [7, 11) is 3.10. The van der Waals surface area contributed by atoms with Gasteiger partial charge in [0.2, 0.25) is 12.2 Å². The van der Waals surface area contributed by atoms with Gasteiger partial charge in [-0.1, -0.05) is 30.3 Å². The Morgan fingerprint density at radius 1 is 1.17 bits per heavy atom. The third-order valence-electron chi connectivity index (χ3n) is 4.22. The molecule has 3 rings (SSSR count). The van der Waals surface area contributed by atoms with E-state index in [9.17, 15) is 9.59 Å². The van der Waals surface area contributed by atoms with Gasteiger partial charge in [-0.2, -0.15) is 0 Å². The molecule has 0 saturated carbocycles. The zero-order chi connectivity index (χ0) is 16.6. The van der Waals surface area contributed by atoms with Gasteiger partial charge in [0.05, 0.1) is 5.56 Å². The van der Waals surface area contributed by atoms with E-state index in [0.717, 1.165) is 10.1 Å². The third-order valence-corrected chi connectivity index (χ3v) is 4.22. The van der Waals surface area contributed by atoms with Gasteiger partial charge in [0.25, 0.3) is 5.56 Å². The molecule has 0 amide bonds. The second-order valence-corrected chi connectivity index (χ2v) is 5.63. The largest absolute Gasteiger partial charge is 0.449 e. The quantitative estimate of drug-likeness (QED) is 0.858. The van der Waals surface area contributed by atoms with Gasteiger partial charge in [0.15, 0.2) is 0 Å². The van der Waals surface area contributed by atoms with Crippen molar-refractivity contribution in [3.05, 3.63) is 62.3 Å². The van der Waals surface area contributed by atoms with Crippen LogP contribution in [0.5, 0.6) is 5.88 Å². The summed E-state index contributed by atoms with van der Waals surface area (Å²) in [4.78, 5) is 24.8. The number of rotatable bonds is 3. The van der Waals surface area contributed by atoms with Crippen LogP contribution in [0.1, 0.15) is 30.4 Å². The molecule has 0 radical (unpaired) electrons. The number of aromatic nitrogens is 2. The van der Waals surface area contributed by atoms with E-state index >= 15 is 0 Å². The second-order valence-electron chi connectivity index (χ2n) is 5.63. The molecule has 23 heavy (non-hydrogen) atoms. The van der Waals surface area contributed by atoms with E-state index in [1.807, 2.05) is 37.3 Å². The molecule has 122 valence electrons. The molecule has 0 N–H and O–H groups in total. The van der Waals surface area contributed by atoms with Crippen LogP contribution in [0.25, 0.3) is 0 Å². The molecule has 0 spiro atoms. The van der Waals surface area contributed by atoms with Gasteiger partial charge in [-0.15, -0.1) is 0 Å². The lowest BCUT2D eigenvalue weighted by molar-refractivity contribution is -0.0943. The number of nitrogens with zero attached hydrogens (tertiary/aromatic N) is 2. The summed E-state index contributed by atoms with van der Waals surface area (Å²) in [6.07, 6.45) is 0.0635. The van der Waals surface area contributed by atoms with Gasteiger partial charge in [-0.25, -0.2) is 4.79 Å². The van der Waals surface area contributed by atoms with Gasteiger partial charge in [0.1, 0.15) is 0 Å². The van der Waals surface area contributed by atoms with Crippen molar-refractivity contribution in [2.75, 3.05) is 6.61 Å². The Kier molecular flexibility index (Phi) is 4.09. The molecule has 2 heterocycles. The van der Waals surface area contributed by atoms with Gasteiger partial charge in [-0.05, 0) is 12.5 Å². The molecule has 2 atom stereocenters. The van der Waals surface area contributed by atoms with Gasteiger partial charge < -0.3 is 9.47 Å². The van der Waals surface area contributed by atoms with Crippen LogP contribution in [0, 0.1) is 0 Å². The van der Waals surface area contributed by atoms with Crippen molar-refractivity contribution in [2.24, 2.45) is 14.1 Å². The highest BCUT2D eigenvalue weighted by molar-refractivity contribution is 5.39. The molecule has 6 heteroatoms. The molecule has 2 aromatic rings. The number of ether oxygens (including phenoxy) is 2. The lowest BCUT2D eigenvalue weighted by Crippen LogP contribution is -2.44. The first kappa shape index (κ1) is 15.6. The van der Waals surface area contributed by atoms with E-state index < -0.39 is 12.0 Å². The van der Waals surface area contributed by atoms with Crippen molar-refractivity contribution in [1.29, 1.82) is 0 Å². The van der Waals surface area contributed by atoms with Crippen LogP contribution in [-0.4, -0.2) is 22.0 Å². The first-order valence-corrected chi connectivity index (χ1v) is 7.67. The number of hydrogen-bond donors (Lipinski definition) is 0. The fourth-order valence-electron chi connectivity index (χ4n) is 3.05. The molecule has 0 fully saturated rings. The van der Waals surface area contributed by atoms with E-state index in [1.54, 1.807) is 7.05 Å². The van der Waals surface area contributed by atoms with Gasteiger partial charge in [0, 0.05) is 33.0 Å². The van der Waals surface area contributed by atoms with Crippen molar-refractivity contribution in [3.8, 4) is 5.88 Å². The van der Waals surface area contributed by atoms with Gasteiger partial charge >= 0.3 is 5.69 Å². The fourth-order valence-corrected chi connectivity index (χ4v) is 3.05. The summed E-state index contributed by atoms with van der Waals surface area (Å²) in [5.41, 5.74) is 0.805. The number of hydrogen-bond acceptors (Lipinski definition) is 4. The SMILES string of the molecule is CCO[C@@H]1C[C@@H](c2ccccc2)c2c(n(C)c(=O)n(C)c2=O)O1. The van der Waals surface area contributed by atoms with Crippen molar-refractivity contribution >= 4 is 0 Å². The Morgan fingerprint density at radius 2 is 1.87 bits per heavy atom. The number of benzene rings is 1. The van der Waals surface area contributed by atoms with Crippen LogP contribution >= 0.6 is 0 Å². The Bertz CT molecular complexity index is 823. The first-order chi connectivity index (χ1) is 11.0. The predicted octanol–water partition coefficient (Wildman–Crippen LogP) is 1.36. The molecule has 0 saturated heterocycles. The summed E-state index contributed by atoms with van der Waals surface area (Å²) >= 11 is 0. The van der Waals surface area contributed by atoms with Crippen LogP contribution in [-0.2, 0) is 18.8 Å². The lowest BCUT2D eigenvalue weighted by Gasteiger charge is -2.32. The van der Waals surface area contributed by atoms with E-state index in [0.29, 0.717) is 24.5 Å². The Labute approximate surface area is 133 Å². The second kappa shape index (κ2) is 6.04. The molecule has 0 aliphatic carbocycles. The van der Waals surface area contributed by atoms with Gasteiger partial charge in [-0.3, -0.25) is 13.9 Å². The monoisotopic (exact) mass is 316 g/mol. The van der Waals surface area contributed by atoms with Crippen molar-refractivity contribution in [1.82, 2.24) is 9.13 Å². The van der Waals surface area contributed by atoms with E-state index in [4.69, 9.17) is 9.47 Å². The normalized spacial score (nSPS) is 20.0. The highest BCUT2D eigenvalue weighted by atomic mass is 16.7. The highest BCUT2D eigenvalue weighted by Crippen LogP contribution is 2.37. The van der Waals surface area contributed by atoms with E-state index in [1.165, 1.54) is 11.6 Å². The van der Waals surface area contributed by atoms with Crippen LogP contribution in [0.3, 0.4) is 0 Å². The van der Waals surface area contributed by atoms with Crippen LogP contribution < -0.4 is 16.0 Å². The summed E-state index contributed by atoms with van der Waals surface area (Å²) in [5.74, 6) is 0.138. The van der Waals surface area contributed by atoms with E-state index in [-0.39, 0.29) is 11.5 Å². The molecule has 1 aliphatic heterocycles. The topological polar surface area (TPSA) is 62.5 Å². The van der Waals surface area contributed by atoms with Crippen molar-refractivity contribution in [2.45, 2.75) is 25.6 Å². The Morgan fingerprint density at radius 3 is 2.52 bits per heavy atom. The molecule has 0 unspecified atom stereocenters. The Balaban J connectivity index is 2.24. The molecule has 1 aromatic carbocycles. The zero-order valence-electron chi connectivity index (χ0n) is 13.5. The van der Waals surface area contributed by atoms with Crippen LogP contribution in [0.4, 0.5) is 0 Å². The summed E-state index contributed by atoms with van der Waals surface area (Å²) in [6.45, 7) is 2.39. The maximum atomic E-state index is 12.7. The van der Waals surface area contributed by atoms with Crippen LogP contribution in [0.2, 0.25) is 0 Å². The molecular formula is C17H20N2O4. The number of fused-ring (bicyclic) bond motifs is 1. The third kappa shape index (κ3) is 2.59. The first-order valence-electron chi connectivity index (χ1n) is 7.67. The maximum Gasteiger partial charge on any atom is 0.333 e. The molecular weight excluding hydrogens is 296 g/mol. The minimum absolute atomic E-state index is 0.165. The van der Waals surface area contributed by atoms with Crippen molar-refractivity contribution in [3.63, 3.8) is 0 Å². The molecule has 1 aromatic heterocycles. The minimum Gasteiger partial charge on any atom is -0.449 e. The van der Waals surface area contributed by atoms with E-state index in [2.05, 4.69) is 0 Å². The zero-order valence-corrected chi connectivity index (χ0v) is 13.5. The molecule has 6 nitrogen and oxygen atoms in total. The summed E-state index contributed by atoms with van der Waals surface area (Å²) < 4.78 is 13.9. The molecule has 1 aliphatic rings. The lowest BCUT2D eigenvalue weighted by atomic mass is 9.88. The predicted molar refractivity (Wildman–Crippen MR) is 85.9 cm³/mol. The minimum atomic E-state index is -0.476. The van der Waals surface area contributed by atoms with Crippen LogP contribution in [0.15, 0.2) is 39.9 Å². The summed E-state index contributed by atoms with van der Waals surface area (Å²) in [5, 5.41) is 0. The summed E-state index contributed by atoms with van der Waals surface area (Å²) in [6, 6.07) is 9.77. The molecule has 0 bridgehead atoms. The average Bonchev–Trinajstić information content (AvgIpc) is 2.58. The smallest absolute Gasteiger partial charge is 0.333 e. The fraction of sp³-hybridized carbons (Fsp3) is 0.412. The Hall–Kier alpha value is -2.34. The highest BCUT2D eigenvalue weighted by Gasteiger charge is 2.35. The maximum absolute atomic E-state index is 12.7. The van der Waals surface area contributed by atoms with Crippen molar-refractivity contribution < 1.29 is 9.47 Å². The standard InChI is InChI=1S/C17H20N2O4/c1-4-22-13-10-12(11-8-6-5-7-9-11)14-15(20)18(2)17(21)19(3)16(14)23-13/h5-9,12-13H,4,10H2,1-3H3/t12-,13-/m0/s1. The average molecular weight is 316 g/mol.